The molecule has 0 fully saturated rings. The highest BCUT2D eigenvalue weighted by atomic mass is 14.9. The van der Waals surface area contributed by atoms with E-state index in [1.807, 2.05) is 85.2 Å². The van der Waals surface area contributed by atoms with Gasteiger partial charge >= 0.3 is 0 Å². The molecule has 0 amide bonds. The Labute approximate surface area is 230 Å². The van der Waals surface area contributed by atoms with Gasteiger partial charge in [0, 0.05) is 71.8 Å². The molecule has 188 valence electrons. The Balaban J connectivity index is 1.34. The van der Waals surface area contributed by atoms with Gasteiger partial charge in [0.2, 0.25) is 0 Å². The highest BCUT2D eigenvalue weighted by molar-refractivity contribution is 6.21. The van der Waals surface area contributed by atoms with Crippen LogP contribution >= 0.6 is 0 Å². The van der Waals surface area contributed by atoms with Crippen molar-refractivity contribution in [2.45, 2.75) is 0 Å². The van der Waals surface area contributed by atoms with E-state index in [-0.39, 0.29) is 0 Å². The van der Waals surface area contributed by atoms with Gasteiger partial charge < -0.3 is 0 Å². The van der Waals surface area contributed by atoms with E-state index in [1.165, 1.54) is 0 Å². The van der Waals surface area contributed by atoms with E-state index in [0.717, 1.165) is 33.6 Å². The lowest BCUT2D eigenvalue weighted by Gasteiger charge is -2.16. The number of pyridine rings is 6. The number of aliphatic imine (C=N–C) groups is 2. The fourth-order valence-corrected chi connectivity index (χ4v) is 4.53. The third-order valence-corrected chi connectivity index (χ3v) is 6.47. The third-order valence-electron chi connectivity index (χ3n) is 6.47. The van der Waals surface area contributed by atoms with Crippen molar-refractivity contribution in [1.29, 1.82) is 0 Å². The summed E-state index contributed by atoms with van der Waals surface area (Å²) in [5, 5.41) is 0. The van der Waals surface area contributed by atoms with Crippen molar-refractivity contribution < 1.29 is 0 Å². The molecular weight excluding hydrogens is 496 g/mol. The molecule has 0 aliphatic carbocycles. The SMILES string of the molecule is c1cncc(-c2ccc(C3=Nc4cccnc4C(c4ccc(-c5cccnc5)nc4)=Nc4cccnc43)cn2)c1. The second-order valence-electron chi connectivity index (χ2n) is 9.01. The maximum atomic E-state index is 5.08. The van der Waals surface area contributed by atoms with Crippen LogP contribution in [-0.4, -0.2) is 41.3 Å². The predicted octanol–water partition coefficient (Wildman–Crippen LogP) is 6.04. The van der Waals surface area contributed by atoms with Gasteiger partial charge in [-0.15, -0.1) is 0 Å². The third kappa shape index (κ3) is 4.43. The van der Waals surface area contributed by atoms with Crippen molar-refractivity contribution in [3.63, 3.8) is 0 Å². The average Bonchev–Trinajstić information content (AvgIpc) is 3.03. The molecule has 6 aromatic rings. The Hall–Kier alpha value is -5.76. The largest absolute Gasteiger partial charge is 0.264 e. The lowest BCUT2D eigenvalue weighted by Crippen LogP contribution is -2.13. The molecule has 0 unspecified atom stereocenters. The minimum absolute atomic E-state index is 0.658. The molecule has 0 aromatic carbocycles. The molecule has 8 nitrogen and oxygen atoms in total. The maximum absolute atomic E-state index is 5.08. The first kappa shape index (κ1) is 23.4. The number of aromatic nitrogens is 6. The highest BCUT2D eigenvalue weighted by Gasteiger charge is 2.22. The van der Waals surface area contributed by atoms with Crippen LogP contribution in [0.15, 0.2) is 132 Å². The summed E-state index contributed by atoms with van der Waals surface area (Å²) in [7, 11) is 0. The molecular formula is C32H20N8. The van der Waals surface area contributed by atoms with Gasteiger partial charge in [0.05, 0.1) is 22.8 Å². The highest BCUT2D eigenvalue weighted by Crippen LogP contribution is 2.31. The molecule has 0 bridgehead atoms. The Morgan fingerprint density at radius 3 is 1.25 bits per heavy atom. The molecule has 7 heterocycles. The van der Waals surface area contributed by atoms with Crippen LogP contribution in [0.5, 0.6) is 0 Å². The monoisotopic (exact) mass is 516 g/mol. The molecule has 6 aromatic heterocycles. The van der Waals surface area contributed by atoms with Gasteiger partial charge in [0.15, 0.2) is 0 Å². The van der Waals surface area contributed by atoms with E-state index in [1.54, 1.807) is 37.2 Å². The van der Waals surface area contributed by atoms with Gasteiger partial charge in [-0.25, -0.2) is 9.98 Å². The number of nitrogens with zero attached hydrogens (tertiary/aromatic N) is 8. The van der Waals surface area contributed by atoms with Gasteiger partial charge in [0.1, 0.15) is 22.8 Å². The lowest BCUT2D eigenvalue weighted by molar-refractivity contribution is 1.21. The van der Waals surface area contributed by atoms with Gasteiger partial charge in [-0.2, -0.15) is 0 Å². The molecule has 0 spiro atoms. The van der Waals surface area contributed by atoms with Crippen LogP contribution < -0.4 is 0 Å². The van der Waals surface area contributed by atoms with Crippen LogP contribution in [0.25, 0.3) is 22.5 Å². The molecule has 0 radical (unpaired) electrons. The molecule has 0 saturated heterocycles. The zero-order valence-electron chi connectivity index (χ0n) is 21.1. The van der Waals surface area contributed by atoms with Crippen molar-refractivity contribution in [1.82, 2.24) is 29.9 Å². The first-order chi connectivity index (χ1) is 19.8. The minimum Gasteiger partial charge on any atom is -0.264 e. The Morgan fingerprint density at radius 2 is 0.850 bits per heavy atom. The Morgan fingerprint density at radius 1 is 0.375 bits per heavy atom. The van der Waals surface area contributed by atoms with E-state index in [4.69, 9.17) is 29.9 Å². The van der Waals surface area contributed by atoms with Crippen molar-refractivity contribution in [3.8, 4) is 22.5 Å². The molecule has 40 heavy (non-hydrogen) atoms. The molecule has 0 N–H and O–H groups in total. The molecule has 7 rings (SSSR count). The van der Waals surface area contributed by atoms with Gasteiger partial charge in [-0.1, -0.05) is 0 Å². The molecule has 1 aliphatic heterocycles. The van der Waals surface area contributed by atoms with Crippen LogP contribution in [0, 0.1) is 0 Å². The summed E-state index contributed by atoms with van der Waals surface area (Å²) in [5.41, 5.74) is 9.20. The van der Waals surface area contributed by atoms with Crippen molar-refractivity contribution >= 4 is 22.8 Å². The lowest BCUT2D eigenvalue weighted by atomic mass is 10.0. The fraction of sp³-hybridized carbons (Fsp3) is 0. The fourth-order valence-electron chi connectivity index (χ4n) is 4.53. The number of hydrogen-bond donors (Lipinski definition) is 0. The number of rotatable bonds is 4. The minimum atomic E-state index is 0.658. The van der Waals surface area contributed by atoms with Gasteiger partial charge in [-0.3, -0.25) is 29.9 Å². The number of hydrogen-bond acceptors (Lipinski definition) is 8. The Kier molecular flexibility index (Phi) is 5.95. The number of fused-ring (bicyclic) bond motifs is 2. The molecule has 1 aliphatic rings. The van der Waals surface area contributed by atoms with Gasteiger partial charge in [-0.05, 0) is 72.8 Å². The summed E-state index contributed by atoms with van der Waals surface area (Å²) < 4.78 is 0. The van der Waals surface area contributed by atoms with Crippen molar-refractivity contribution in [2.24, 2.45) is 9.98 Å². The standard InChI is InChI=1S/C32H20N8/c1-5-21(17-33-13-1)25-11-9-23(19-37-25)29-31-27(7-3-15-35-31)40-30(32-28(39-29)8-4-16-36-32)24-10-12-26(38-20-24)22-6-2-14-34-18-22/h1-20H. The normalized spacial score (nSPS) is 12.3. The Bertz CT molecular complexity index is 1720. The second-order valence-corrected chi connectivity index (χ2v) is 9.01. The van der Waals surface area contributed by atoms with E-state index in [9.17, 15) is 0 Å². The summed E-state index contributed by atoms with van der Waals surface area (Å²) in [5.74, 6) is 0. The molecule has 0 saturated carbocycles. The van der Waals surface area contributed by atoms with E-state index in [0.29, 0.717) is 34.2 Å². The van der Waals surface area contributed by atoms with Gasteiger partial charge in [0.25, 0.3) is 0 Å². The maximum Gasteiger partial charge on any atom is 0.115 e. The molecule has 8 heteroatoms. The molecule has 0 atom stereocenters. The topological polar surface area (TPSA) is 102 Å². The first-order valence-corrected chi connectivity index (χ1v) is 12.7. The van der Waals surface area contributed by atoms with Crippen LogP contribution in [0.1, 0.15) is 22.5 Å². The summed E-state index contributed by atoms with van der Waals surface area (Å²) in [4.78, 5) is 37.3. The van der Waals surface area contributed by atoms with Crippen LogP contribution in [-0.2, 0) is 0 Å². The average molecular weight is 517 g/mol. The first-order valence-electron chi connectivity index (χ1n) is 12.7. The smallest absolute Gasteiger partial charge is 0.115 e. The van der Waals surface area contributed by atoms with Crippen molar-refractivity contribution in [2.75, 3.05) is 0 Å². The summed E-state index contributed by atoms with van der Waals surface area (Å²) >= 11 is 0. The van der Waals surface area contributed by atoms with Crippen LogP contribution in [0.3, 0.4) is 0 Å². The zero-order chi connectivity index (χ0) is 26.7. The quantitative estimate of drug-likeness (QED) is 0.283. The van der Waals surface area contributed by atoms with Crippen molar-refractivity contribution in [3.05, 3.63) is 145 Å². The van der Waals surface area contributed by atoms with E-state index >= 15 is 0 Å². The predicted molar refractivity (Wildman–Crippen MR) is 154 cm³/mol. The summed E-state index contributed by atoms with van der Waals surface area (Å²) in [6.45, 7) is 0. The van der Waals surface area contributed by atoms with Crippen LogP contribution in [0.2, 0.25) is 0 Å². The van der Waals surface area contributed by atoms with Crippen LogP contribution in [0.4, 0.5) is 11.4 Å². The van der Waals surface area contributed by atoms with E-state index in [2.05, 4.69) is 9.97 Å². The summed E-state index contributed by atoms with van der Waals surface area (Å²) in [6.07, 6.45) is 14.2. The second kappa shape index (κ2) is 10.2. The van der Waals surface area contributed by atoms with E-state index < -0.39 is 0 Å². The zero-order valence-corrected chi connectivity index (χ0v) is 21.1. The summed E-state index contributed by atoms with van der Waals surface area (Å²) in [6, 6.07) is 23.3.